The fourth-order valence-corrected chi connectivity index (χ4v) is 3.58. The van der Waals surface area contributed by atoms with Crippen molar-refractivity contribution < 1.29 is 9.26 Å². The number of ether oxygens (including phenoxy) is 1. The van der Waals surface area contributed by atoms with Crippen LogP contribution in [0.1, 0.15) is 24.8 Å². The maximum absolute atomic E-state index is 5.91. The van der Waals surface area contributed by atoms with E-state index in [0.717, 1.165) is 55.2 Å². The molecule has 7 nitrogen and oxygen atoms in total. The molecule has 4 rings (SSSR count). The summed E-state index contributed by atoms with van der Waals surface area (Å²) in [7, 11) is 0. The first-order chi connectivity index (χ1) is 16.2. The van der Waals surface area contributed by atoms with Crippen molar-refractivity contribution in [2.45, 2.75) is 26.7 Å². The van der Waals surface area contributed by atoms with Crippen LogP contribution in [0.5, 0.6) is 5.75 Å². The minimum atomic E-state index is 0.529. The lowest BCUT2D eigenvalue weighted by molar-refractivity contribution is 0.243. The Morgan fingerprint density at radius 2 is 1.85 bits per heavy atom. The van der Waals surface area contributed by atoms with Crippen molar-refractivity contribution in [3.05, 3.63) is 78.4 Å². The Morgan fingerprint density at radius 1 is 0.970 bits per heavy atom. The van der Waals surface area contributed by atoms with E-state index in [9.17, 15) is 0 Å². The summed E-state index contributed by atoms with van der Waals surface area (Å²) in [5.41, 5.74) is 3.73. The molecule has 0 amide bonds. The highest BCUT2D eigenvalue weighted by Crippen LogP contribution is 2.22. The summed E-state index contributed by atoms with van der Waals surface area (Å²) in [6, 6.07) is 18.2. The van der Waals surface area contributed by atoms with Crippen molar-refractivity contribution in [1.82, 2.24) is 25.0 Å². The summed E-state index contributed by atoms with van der Waals surface area (Å²) in [4.78, 5) is 15.7. The summed E-state index contributed by atoms with van der Waals surface area (Å²) in [5.74, 6) is 1.83. The monoisotopic (exact) mass is 443 g/mol. The molecule has 0 N–H and O–H groups in total. The number of hydrogen-bond acceptors (Lipinski definition) is 7. The lowest BCUT2D eigenvalue weighted by Crippen LogP contribution is -2.28. The van der Waals surface area contributed by atoms with Gasteiger partial charge in [-0.3, -0.25) is 9.97 Å². The molecule has 4 aromatic rings. The van der Waals surface area contributed by atoms with Crippen molar-refractivity contribution in [3.8, 4) is 28.5 Å². The summed E-state index contributed by atoms with van der Waals surface area (Å²) < 4.78 is 11.0. The normalized spacial score (nSPS) is 11.1. The number of hydrogen-bond donors (Lipinski definition) is 0. The SMILES string of the molecule is CCN(CCCOc1ccc(-c2cc(-c3noc(C)n3)ccn2)nc1)CCc1ccccc1. The van der Waals surface area contributed by atoms with Crippen LogP contribution in [0.2, 0.25) is 0 Å². The van der Waals surface area contributed by atoms with Crippen LogP contribution in [0, 0.1) is 6.92 Å². The Hall–Kier alpha value is -3.58. The first kappa shape index (κ1) is 22.6. The molecule has 0 unspecified atom stereocenters. The molecule has 1 aromatic carbocycles. The van der Waals surface area contributed by atoms with E-state index in [1.54, 1.807) is 19.3 Å². The van der Waals surface area contributed by atoms with Gasteiger partial charge in [0.05, 0.1) is 24.2 Å². The van der Waals surface area contributed by atoms with Gasteiger partial charge in [0.1, 0.15) is 5.75 Å². The molecule has 3 heterocycles. The molecule has 0 aliphatic rings. The summed E-state index contributed by atoms with van der Waals surface area (Å²) in [5, 5.41) is 3.96. The Labute approximate surface area is 194 Å². The quantitative estimate of drug-likeness (QED) is 0.307. The molecule has 0 aliphatic carbocycles. The third-order valence-corrected chi connectivity index (χ3v) is 5.44. The van der Waals surface area contributed by atoms with Crippen molar-refractivity contribution in [1.29, 1.82) is 0 Å². The number of rotatable bonds is 11. The van der Waals surface area contributed by atoms with E-state index in [0.29, 0.717) is 18.3 Å². The topological polar surface area (TPSA) is 77.2 Å². The highest BCUT2D eigenvalue weighted by Gasteiger charge is 2.09. The predicted octanol–water partition coefficient (Wildman–Crippen LogP) is 4.84. The van der Waals surface area contributed by atoms with Gasteiger partial charge in [0.25, 0.3) is 0 Å². The van der Waals surface area contributed by atoms with E-state index in [1.165, 1.54) is 5.56 Å². The lowest BCUT2D eigenvalue weighted by Gasteiger charge is -2.20. The molecule has 0 saturated carbocycles. The third-order valence-electron chi connectivity index (χ3n) is 5.44. The van der Waals surface area contributed by atoms with Crippen LogP contribution in [0.15, 0.2) is 71.5 Å². The number of benzene rings is 1. The standard InChI is InChI=1S/C26H29N5O2/c1-3-31(16-13-21-8-5-4-6-9-21)15-7-17-32-23-10-11-24(28-19-23)25-18-22(12-14-27-25)26-29-20(2)33-30-26/h4-6,8-12,14,18-19H,3,7,13,15-17H2,1-2H3. The highest BCUT2D eigenvalue weighted by atomic mass is 16.5. The zero-order chi connectivity index (χ0) is 22.9. The van der Waals surface area contributed by atoms with Gasteiger partial charge < -0.3 is 14.2 Å². The average molecular weight is 444 g/mol. The zero-order valence-corrected chi connectivity index (χ0v) is 19.1. The molecule has 0 spiro atoms. The molecule has 0 bridgehead atoms. The van der Waals surface area contributed by atoms with Crippen LogP contribution in [-0.4, -0.2) is 51.2 Å². The van der Waals surface area contributed by atoms with E-state index in [4.69, 9.17) is 9.26 Å². The Kier molecular flexibility index (Phi) is 7.76. The largest absolute Gasteiger partial charge is 0.492 e. The molecular weight excluding hydrogens is 414 g/mol. The second kappa shape index (κ2) is 11.3. The lowest BCUT2D eigenvalue weighted by atomic mass is 10.1. The number of aromatic nitrogens is 4. The van der Waals surface area contributed by atoms with Gasteiger partial charge in [-0.1, -0.05) is 42.4 Å². The molecule has 0 saturated heterocycles. The minimum absolute atomic E-state index is 0.529. The number of aryl methyl sites for hydroxylation is 1. The molecule has 0 aliphatic heterocycles. The van der Waals surface area contributed by atoms with E-state index in [1.807, 2.05) is 24.3 Å². The van der Waals surface area contributed by atoms with Crippen molar-refractivity contribution in [3.63, 3.8) is 0 Å². The van der Waals surface area contributed by atoms with Crippen molar-refractivity contribution in [2.24, 2.45) is 0 Å². The van der Waals surface area contributed by atoms with Gasteiger partial charge in [0.2, 0.25) is 11.7 Å². The Bertz CT molecular complexity index is 1130. The summed E-state index contributed by atoms with van der Waals surface area (Å²) >= 11 is 0. The third kappa shape index (κ3) is 6.46. The van der Waals surface area contributed by atoms with Gasteiger partial charge in [0, 0.05) is 31.8 Å². The smallest absolute Gasteiger partial charge is 0.223 e. The molecule has 7 heteroatoms. The second-order valence-electron chi connectivity index (χ2n) is 7.82. The number of pyridine rings is 2. The van der Waals surface area contributed by atoms with Crippen LogP contribution in [0.4, 0.5) is 0 Å². The summed E-state index contributed by atoms with van der Waals surface area (Å²) in [6.07, 6.45) is 5.51. The van der Waals surface area contributed by atoms with E-state index >= 15 is 0 Å². The fraction of sp³-hybridized carbons (Fsp3) is 0.308. The van der Waals surface area contributed by atoms with E-state index in [-0.39, 0.29) is 0 Å². The highest BCUT2D eigenvalue weighted by molar-refractivity contribution is 5.64. The number of likely N-dealkylation sites (N-methyl/N-ethyl adjacent to an activating group) is 1. The average Bonchev–Trinajstić information content (AvgIpc) is 3.31. The first-order valence-electron chi connectivity index (χ1n) is 11.3. The van der Waals surface area contributed by atoms with E-state index in [2.05, 4.69) is 62.3 Å². The van der Waals surface area contributed by atoms with Gasteiger partial charge in [0.15, 0.2) is 0 Å². The van der Waals surface area contributed by atoms with E-state index < -0.39 is 0 Å². The van der Waals surface area contributed by atoms with Crippen LogP contribution in [0.3, 0.4) is 0 Å². The minimum Gasteiger partial charge on any atom is -0.492 e. The fourth-order valence-electron chi connectivity index (χ4n) is 3.58. The van der Waals surface area contributed by atoms with Crippen LogP contribution in [-0.2, 0) is 6.42 Å². The molecule has 0 atom stereocenters. The maximum atomic E-state index is 5.91. The molecule has 3 aromatic heterocycles. The maximum Gasteiger partial charge on any atom is 0.223 e. The predicted molar refractivity (Wildman–Crippen MR) is 128 cm³/mol. The molecule has 0 fully saturated rings. The van der Waals surface area contributed by atoms with Gasteiger partial charge in [-0.25, -0.2) is 0 Å². The van der Waals surface area contributed by atoms with Gasteiger partial charge in [-0.2, -0.15) is 4.98 Å². The Morgan fingerprint density at radius 3 is 2.58 bits per heavy atom. The second-order valence-corrected chi connectivity index (χ2v) is 7.82. The summed E-state index contributed by atoms with van der Waals surface area (Å²) in [6.45, 7) is 7.75. The molecule has 0 radical (unpaired) electrons. The van der Waals surface area contributed by atoms with Crippen molar-refractivity contribution in [2.75, 3.05) is 26.2 Å². The van der Waals surface area contributed by atoms with Gasteiger partial charge >= 0.3 is 0 Å². The van der Waals surface area contributed by atoms with Crippen LogP contribution >= 0.6 is 0 Å². The molecule has 33 heavy (non-hydrogen) atoms. The van der Waals surface area contributed by atoms with Gasteiger partial charge in [-0.05, 0) is 49.2 Å². The Balaban J connectivity index is 1.25. The van der Waals surface area contributed by atoms with Gasteiger partial charge in [-0.15, -0.1) is 0 Å². The molecular formula is C26H29N5O2. The molecule has 170 valence electrons. The number of nitrogens with zero attached hydrogens (tertiary/aromatic N) is 5. The van der Waals surface area contributed by atoms with Crippen LogP contribution in [0.25, 0.3) is 22.8 Å². The van der Waals surface area contributed by atoms with Crippen LogP contribution < -0.4 is 4.74 Å². The zero-order valence-electron chi connectivity index (χ0n) is 19.1. The first-order valence-corrected chi connectivity index (χ1v) is 11.3. The van der Waals surface area contributed by atoms with Crippen molar-refractivity contribution >= 4 is 0 Å².